The maximum absolute atomic E-state index is 13.3. The van der Waals surface area contributed by atoms with Crippen LogP contribution in [0, 0.1) is 13.8 Å². The predicted octanol–water partition coefficient (Wildman–Crippen LogP) is 5.44. The lowest BCUT2D eigenvalue weighted by atomic mass is 10.2. The Kier molecular flexibility index (Phi) is 5.89. The third-order valence-corrected chi connectivity index (χ3v) is 7.80. The molecule has 0 fully saturated rings. The van der Waals surface area contributed by atoms with E-state index in [1.54, 1.807) is 29.2 Å². The van der Waals surface area contributed by atoms with Gasteiger partial charge in [0.25, 0.3) is 0 Å². The lowest BCUT2D eigenvalue weighted by Crippen LogP contribution is -2.28. The lowest BCUT2D eigenvalue weighted by molar-refractivity contribution is -0.117. The SMILES string of the molecule is Cc1ccc(S(=O)(=O)CCC(=O)N(c2nc3ccccc3s2)c2ccccc2C)cc1. The van der Waals surface area contributed by atoms with E-state index in [1.165, 1.54) is 11.3 Å². The molecule has 0 spiro atoms. The van der Waals surface area contributed by atoms with Crippen LogP contribution in [-0.4, -0.2) is 25.1 Å². The van der Waals surface area contributed by atoms with Gasteiger partial charge < -0.3 is 0 Å². The number of anilines is 2. The summed E-state index contributed by atoms with van der Waals surface area (Å²) in [6.07, 6.45) is -0.138. The number of carbonyl (C=O) groups is 1. The molecular formula is C24H22N2O3S2. The summed E-state index contributed by atoms with van der Waals surface area (Å²) in [7, 11) is -3.57. The number of aromatic nitrogens is 1. The number of benzene rings is 3. The molecule has 3 aromatic carbocycles. The zero-order valence-corrected chi connectivity index (χ0v) is 18.9. The Morgan fingerprint density at radius 2 is 1.61 bits per heavy atom. The van der Waals surface area contributed by atoms with Crippen molar-refractivity contribution in [2.45, 2.75) is 25.2 Å². The highest BCUT2D eigenvalue weighted by molar-refractivity contribution is 7.91. The number of aryl methyl sites for hydroxylation is 2. The second kappa shape index (κ2) is 8.61. The molecule has 1 heterocycles. The molecule has 4 rings (SSSR count). The third-order valence-electron chi connectivity index (χ3n) is 5.04. The summed E-state index contributed by atoms with van der Waals surface area (Å²) in [5.41, 5.74) is 3.41. The largest absolute Gasteiger partial charge is 0.274 e. The summed E-state index contributed by atoms with van der Waals surface area (Å²) in [6, 6.07) is 21.9. The molecule has 1 aromatic heterocycles. The van der Waals surface area contributed by atoms with Crippen LogP contribution in [0.5, 0.6) is 0 Å². The smallest absolute Gasteiger partial charge is 0.234 e. The van der Waals surface area contributed by atoms with Crippen LogP contribution in [0.25, 0.3) is 10.2 Å². The zero-order valence-electron chi connectivity index (χ0n) is 17.3. The molecule has 0 unspecified atom stereocenters. The van der Waals surface area contributed by atoms with Gasteiger partial charge in [0.1, 0.15) is 0 Å². The number of carbonyl (C=O) groups excluding carboxylic acids is 1. The van der Waals surface area contributed by atoms with Crippen LogP contribution in [0.3, 0.4) is 0 Å². The Morgan fingerprint density at radius 1 is 0.935 bits per heavy atom. The number of amides is 1. The second-order valence-electron chi connectivity index (χ2n) is 7.36. The molecule has 0 saturated heterocycles. The number of para-hydroxylation sites is 2. The monoisotopic (exact) mass is 450 g/mol. The van der Waals surface area contributed by atoms with Crippen molar-refractivity contribution in [3.63, 3.8) is 0 Å². The van der Waals surface area contributed by atoms with Gasteiger partial charge in [-0.2, -0.15) is 0 Å². The van der Waals surface area contributed by atoms with Crippen molar-refractivity contribution in [2.24, 2.45) is 0 Å². The molecule has 1 amide bonds. The molecule has 0 atom stereocenters. The van der Waals surface area contributed by atoms with Gasteiger partial charge in [-0.05, 0) is 49.7 Å². The number of thiazole rings is 1. The summed E-state index contributed by atoms with van der Waals surface area (Å²) in [6.45, 7) is 3.82. The first-order chi connectivity index (χ1) is 14.8. The van der Waals surface area contributed by atoms with Gasteiger partial charge in [-0.3, -0.25) is 9.69 Å². The van der Waals surface area contributed by atoms with Gasteiger partial charge in [0.15, 0.2) is 15.0 Å². The van der Waals surface area contributed by atoms with E-state index in [0.29, 0.717) is 10.8 Å². The highest BCUT2D eigenvalue weighted by atomic mass is 32.2. The first-order valence-electron chi connectivity index (χ1n) is 9.89. The van der Waals surface area contributed by atoms with Gasteiger partial charge in [0.2, 0.25) is 5.91 Å². The Morgan fingerprint density at radius 3 is 2.32 bits per heavy atom. The topological polar surface area (TPSA) is 67.3 Å². The standard InChI is InChI=1S/C24H22N2O3S2/c1-17-11-13-19(14-12-17)31(28,29)16-15-23(27)26(21-9-5-3-7-18(21)2)24-25-20-8-4-6-10-22(20)30-24/h3-14H,15-16H2,1-2H3. The summed E-state index contributed by atoms with van der Waals surface area (Å²) in [4.78, 5) is 19.7. The number of nitrogens with zero attached hydrogens (tertiary/aromatic N) is 2. The fourth-order valence-electron chi connectivity index (χ4n) is 3.31. The lowest BCUT2D eigenvalue weighted by Gasteiger charge is -2.22. The molecule has 0 saturated carbocycles. The Hall–Kier alpha value is -3.03. The molecule has 0 aliphatic carbocycles. The van der Waals surface area contributed by atoms with Gasteiger partial charge in [0.05, 0.1) is 26.6 Å². The fourth-order valence-corrected chi connectivity index (χ4v) is 5.54. The van der Waals surface area contributed by atoms with Crippen molar-refractivity contribution in [3.05, 3.63) is 83.9 Å². The third kappa shape index (κ3) is 4.52. The summed E-state index contributed by atoms with van der Waals surface area (Å²) in [5.74, 6) is -0.564. The van der Waals surface area contributed by atoms with Crippen LogP contribution in [-0.2, 0) is 14.6 Å². The maximum Gasteiger partial charge on any atom is 0.234 e. The molecule has 0 radical (unpaired) electrons. The molecular weight excluding hydrogens is 428 g/mol. The van der Waals surface area contributed by atoms with Crippen molar-refractivity contribution in [2.75, 3.05) is 10.7 Å². The average molecular weight is 451 g/mol. The van der Waals surface area contributed by atoms with Crippen molar-refractivity contribution in [3.8, 4) is 0 Å². The minimum absolute atomic E-state index is 0.138. The van der Waals surface area contributed by atoms with E-state index in [9.17, 15) is 13.2 Å². The van der Waals surface area contributed by atoms with Crippen molar-refractivity contribution < 1.29 is 13.2 Å². The van der Waals surface area contributed by atoms with Crippen molar-refractivity contribution >= 4 is 48.1 Å². The Labute approximate surface area is 185 Å². The zero-order chi connectivity index (χ0) is 22.0. The molecule has 158 valence electrons. The minimum Gasteiger partial charge on any atom is -0.274 e. The molecule has 7 heteroatoms. The predicted molar refractivity (Wildman–Crippen MR) is 126 cm³/mol. The van der Waals surface area contributed by atoms with E-state index in [4.69, 9.17) is 0 Å². The molecule has 0 aliphatic heterocycles. The Balaban J connectivity index is 1.66. The van der Waals surface area contributed by atoms with Gasteiger partial charge in [0, 0.05) is 6.42 Å². The molecule has 4 aromatic rings. The summed E-state index contributed by atoms with van der Waals surface area (Å²) in [5, 5.41) is 0.535. The summed E-state index contributed by atoms with van der Waals surface area (Å²) >= 11 is 1.41. The first-order valence-corrected chi connectivity index (χ1v) is 12.4. The average Bonchev–Trinajstić information content (AvgIpc) is 3.18. The van der Waals surface area contributed by atoms with Crippen LogP contribution in [0.1, 0.15) is 17.5 Å². The number of sulfone groups is 1. The maximum atomic E-state index is 13.3. The van der Waals surface area contributed by atoms with Crippen LogP contribution in [0.2, 0.25) is 0 Å². The van der Waals surface area contributed by atoms with Crippen molar-refractivity contribution in [1.82, 2.24) is 4.98 Å². The number of hydrogen-bond acceptors (Lipinski definition) is 5. The van der Waals surface area contributed by atoms with Crippen molar-refractivity contribution in [1.29, 1.82) is 0 Å². The van der Waals surface area contributed by atoms with E-state index >= 15 is 0 Å². The van der Waals surface area contributed by atoms with Crippen LogP contribution in [0.15, 0.2) is 77.7 Å². The quantitative estimate of drug-likeness (QED) is 0.392. The number of fused-ring (bicyclic) bond motifs is 1. The summed E-state index contributed by atoms with van der Waals surface area (Å²) < 4.78 is 26.5. The number of hydrogen-bond donors (Lipinski definition) is 0. The second-order valence-corrected chi connectivity index (χ2v) is 10.5. The van der Waals surface area contributed by atoms with Crippen LogP contribution < -0.4 is 4.90 Å². The van der Waals surface area contributed by atoms with Gasteiger partial charge in [-0.1, -0.05) is 59.4 Å². The van der Waals surface area contributed by atoms with Gasteiger partial charge >= 0.3 is 0 Å². The molecule has 0 aliphatic rings. The fraction of sp³-hybridized carbons (Fsp3) is 0.167. The Bertz CT molecular complexity index is 1310. The van der Waals surface area contributed by atoms with Crippen LogP contribution in [0.4, 0.5) is 10.8 Å². The van der Waals surface area contributed by atoms with E-state index < -0.39 is 9.84 Å². The first kappa shape index (κ1) is 21.2. The minimum atomic E-state index is -3.57. The normalized spacial score (nSPS) is 11.5. The van der Waals surface area contributed by atoms with Gasteiger partial charge in [-0.15, -0.1) is 0 Å². The van der Waals surface area contributed by atoms with E-state index in [1.807, 2.05) is 62.4 Å². The van der Waals surface area contributed by atoms with E-state index in [2.05, 4.69) is 4.98 Å². The number of rotatable bonds is 6. The van der Waals surface area contributed by atoms with E-state index in [-0.39, 0.29) is 23.0 Å². The van der Waals surface area contributed by atoms with E-state index in [0.717, 1.165) is 21.3 Å². The highest BCUT2D eigenvalue weighted by Gasteiger charge is 2.25. The van der Waals surface area contributed by atoms with Gasteiger partial charge in [-0.25, -0.2) is 13.4 Å². The molecule has 5 nitrogen and oxygen atoms in total. The van der Waals surface area contributed by atoms with Crippen LogP contribution >= 0.6 is 11.3 Å². The molecule has 0 bridgehead atoms. The highest BCUT2D eigenvalue weighted by Crippen LogP contribution is 2.35. The molecule has 0 N–H and O–H groups in total. The molecule has 31 heavy (non-hydrogen) atoms.